The van der Waals surface area contributed by atoms with E-state index in [9.17, 15) is 0 Å². The van der Waals surface area contributed by atoms with Gasteiger partial charge in [0, 0.05) is 26.2 Å². The van der Waals surface area contributed by atoms with Crippen molar-refractivity contribution in [2.45, 2.75) is 44.8 Å². The third-order valence-electron chi connectivity index (χ3n) is 4.00. The van der Waals surface area contributed by atoms with Gasteiger partial charge in [0.15, 0.2) is 0 Å². The molecule has 23 heavy (non-hydrogen) atoms. The second kappa shape index (κ2) is 11.1. The van der Waals surface area contributed by atoms with Crippen LogP contribution in [0.5, 0.6) is 11.5 Å². The second-order valence-electron chi connectivity index (χ2n) is 5.58. The van der Waals surface area contributed by atoms with Crippen LogP contribution in [0, 0.1) is 0 Å². The molecule has 1 rings (SSSR count). The standard InChI is InChI=1S/C19H30O4/c1-6-16-14-18(10-11-19(16)22-5)23-13-12-17(21-4)9-7-8-15(2)20-3/h6,10-11,14-15,17H,1,7-9,12-13H2,2-5H3. The SMILES string of the molecule is C=Cc1cc(OCCC(CCCC(C)OC)OC)ccc1OC. The molecule has 0 spiro atoms. The van der Waals surface area contributed by atoms with Crippen LogP contribution in [0.4, 0.5) is 0 Å². The van der Waals surface area contributed by atoms with E-state index < -0.39 is 0 Å². The Morgan fingerprint density at radius 3 is 2.48 bits per heavy atom. The summed E-state index contributed by atoms with van der Waals surface area (Å²) in [6, 6.07) is 5.74. The molecule has 0 bridgehead atoms. The van der Waals surface area contributed by atoms with Gasteiger partial charge in [-0.25, -0.2) is 0 Å². The van der Waals surface area contributed by atoms with Gasteiger partial charge in [-0.15, -0.1) is 0 Å². The van der Waals surface area contributed by atoms with Gasteiger partial charge in [-0.3, -0.25) is 0 Å². The van der Waals surface area contributed by atoms with Gasteiger partial charge in [0.05, 0.1) is 25.9 Å². The first-order chi connectivity index (χ1) is 11.1. The highest BCUT2D eigenvalue weighted by Crippen LogP contribution is 2.25. The van der Waals surface area contributed by atoms with E-state index in [1.165, 1.54) is 0 Å². The van der Waals surface area contributed by atoms with Crippen LogP contribution in [0.1, 0.15) is 38.2 Å². The summed E-state index contributed by atoms with van der Waals surface area (Å²) in [5, 5.41) is 0. The molecule has 0 radical (unpaired) electrons. The Kier molecular flexibility index (Phi) is 9.41. The first kappa shape index (κ1) is 19.5. The maximum atomic E-state index is 5.82. The summed E-state index contributed by atoms with van der Waals surface area (Å²) in [5.74, 6) is 1.62. The van der Waals surface area contributed by atoms with Crippen LogP contribution in [0.25, 0.3) is 6.08 Å². The van der Waals surface area contributed by atoms with Crippen molar-refractivity contribution in [3.8, 4) is 11.5 Å². The molecule has 0 aromatic heterocycles. The molecule has 1 aromatic carbocycles. The van der Waals surface area contributed by atoms with Crippen LogP contribution < -0.4 is 9.47 Å². The third kappa shape index (κ3) is 7.06. The van der Waals surface area contributed by atoms with Crippen LogP contribution in [-0.4, -0.2) is 40.1 Å². The number of rotatable bonds is 12. The van der Waals surface area contributed by atoms with Crippen LogP contribution in [0.2, 0.25) is 0 Å². The van der Waals surface area contributed by atoms with Gasteiger partial charge in [0.25, 0.3) is 0 Å². The summed E-state index contributed by atoms with van der Waals surface area (Å²) >= 11 is 0. The maximum Gasteiger partial charge on any atom is 0.126 e. The summed E-state index contributed by atoms with van der Waals surface area (Å²) in [4.78, 5) is 0. The Morgan fingerprint density at radius 1 is 1.09 bits per heavy atom. The highest BCUT2D eigenvalue weighted by molar-refractivity contribution is 5.58. The molecule has 4 heteroatoms. The van der Waals surface area contributed by atoms with Crippen molar-refractivity contribution in [3.63, 3.8) is 0 Å². The lowest BCUT2D eigenvalue weighted by molar-refractivity contribution is 0.0635. The fourth-order valence-corrected chi connectivity index (χ4v) is 2.40. The average Bonchev–Trinajstić information content (AvgIpc) is 2.59. The smallest absolute Gasteiger partial charge is 0.126 e. The van der Waals surface area contributed by atoms with Crippen molar-refractivity contribution in [2.75, 3.05) is 27.9 Å². The van der Waals surface area contributed by atoms with Gasteiger partial charge in [-0.2, -0.15) is 0 Å². The minimum absolute atomic E-state index is 0.219. The number of methoxy groups -OCH3 is 3. The molecule has 130 valence electrons. The predicted octanol–water partition coefficient (Wildman–Crippen LogP) is 4.33. The number of hydrogen-bond donors (Lipinski definition) is 0. The first-order valence-corrected chi connectivity index (χ1v) is 8.13. The van der Waals surface area contributed by atoms with Gasteiger partial charge in [0.1, 0.15) is 11.5 Å². The Balaban J connectivity index is 2.37. The van der Waals surface area contributed by atoms with Crippen molar-refractivity contribution in [2.24, 2.45) is 0 Å². The number of ether oxygens (including phenoxy) is 4. The van der Waals surface area contributed by atoms with E-state index in [0.29, 0.717) is 12.7 Å². The maximum absolute atomic E-state index is 5.82. The van der Waals surface area contributed by atoms with Crippen molar-refractivity contribution < 1.29 is 18.9 Å². The van der Waals surface area contributed by atoms with Crippen molar-refractivity contribution in [3.05, 3.63) is 30.3 Å². The van der Waals surface area contributed by atoms with Crippen molar-refractivity contribution >= 4 is 6.08 Å². The van der Waals surface area contributed by atoms with Crippen LogP contribution in [-0.2, 0) is 9.47 Å². The fraction of sp³-hybridized carbons (Fsp3) is 0.579. The number of hydrogen-bond acceptors (Lipinski definition) is 4. The fourth-order valence-electron chi connectivity index (χ4n) is 2.40. The Bertz CT molecular complexity index is 459. The molecule has 0 aliphatic heterocycles. The summed E-state index contributed by atoms with van der Waals surface area (Å²) in [6.07, 6.45) is 6.33. The molecule has 2 atom stereocenters. The van der Waals surface area contributed by atoms with Crippen LogP contribution in [0.15, 0.2) is 24.8 Å². The molecule has 4 nitrogen and oxygen atoms in total. The summed E-state index contributed by atoms with van der Waals surface area (Å²) < 4.78 is 21.9. The van der Waals surface area contributed by atoms with Gasteiger partial charge in [0.2, 0.25) is 0 Å². The molecule has 1 aromatic rings. The molecule has 0 fully saturated rings. The lowest BCUT2D eigenvalue weighted by Gasteiger charge is -2.17. The average molecular weight is 322 g/mol. The molecule has 0 N–H and O–H groups in total. The van der Waals surface area contributed by atoms with Crippen molar-refractivity contribution in [1.29, 1.82) is 0 Å². The minimum Gasteiger partial charge on any atom is -0.496 e. The van der Waals surface area contributed by atoms with E-state index in [2.05, 4.69) is 13.5 Å². The van der Waals surface area contributed by atoms with Crippen LogP contribution in [0.3, 0.4) is 0 Å². The van der Waals surface area contributed by atoms with E-state index in [4.69, 9.17) is 18.9 Å². The summed E-state index contributed by atoms with van der Waals surface area (Å²) in [7, 11) is 5.16. The molecule has 0 amide bonds. The zero-order chi connectivity index (χ0) is 17.1. The van der Waals surface area contributed by atoms with Gasteiger partial charge < -0.3 is 18.9 Å². The van der Waals surface area contributed by atoms with E-state index >= 15 is 0 Å². The second-order valence-corrected chi connectivity index (χ2v) is 5.58. The zero-order valence-corrected chi connectivity index (χ0v) is 14.8. The van der Waals surface area contributed by atoms with E-state index in [-0.39, 0.29) is 6.10 Å². The molecule has 2 unspecified atom stereocenters. The van der Waals surface area contributed by atoms with E-state index in [1.54, 1.807) is 27.4 Å². The lowest BCUT2D eigenvalue weighted by Crippen LogP contribution is -2.16. The summed E-state index contributed by atoms with van der Waals surface area (Å²) in [5.41, 5.74) is 0.932. The van der Waals surface area contributed by atoms with Crippen molar-refractivity contribution in [1.82, 2.24) is 0 Å². The minimum atomic E-state index is 0.219. The quantitative estimate of drug-likeness (QED) is 0.574. The molecule has 0 saturated carbocycles. The monoisotopic (exact) mass is 322 g/mol. The molecular weight excluding hydrogens is 292 g/mol. The number of benzene rings is 1. The zero-order valence-electron chi connectivity index (χ0n) is 14.8. The van der Waals surface area contributed by atoms with Gasteiger partial charge in [-0.05, 0) is 44.4 Å². The Morgan fingerprint density at radius 2 is 1.87 bits per heavy atom. The molecule has 0 saturated heterocycles. The Hall–Kier alpha value is -1.52. The molecular formula is C19H30O4. The molecule has 0 aliphatic carbocycles. The van der Waals surface area contributed by atoms with Gasteiger partial charge >= 0.3 is 0 Å². The lowest BCUT2D eigenvalue weighted by atomic mass is 10.1. The topological polar surface area (TPSA) is 36.9 Å². The highest BCUT2D eigenvalue weighted by atomic mass is 16.5. The largest absolute Gasteiger partial charge is 0.496 e. The van der Waals surface area contributed by atoms with E-state index in [0.717, 1.165) is 42.7 Å². The predicted molar refractivity (Wildman–Crippen MR) is 94.3 cm³/mol. The summed E-state index contributed by atoms with van der Waals surface area (Å²) in [6.45, 7) is 6.51. The highest BCUT2D eigenvalue weighted by Gasteiger charge is 2.09. The Labute approximate surface area is 140 Å². The third-order valence-corrected chi connectivity index (χ3v) is 4.00. The molecule has 0 aliphatic rings. The van der Waals surface area contributed by atoms with Gasteiger partial charge in [-0.1, -0.05) is 12.7 Å². The molecule has 0 heterocycles. The van der Waals surface area contributed by atoms with E-state index in [1.807, 2.05) is 18.2 Å². The normalized spacial score (nSPS) is 13.4. The van der Waals surface area contributed by atoms with Crippen LogP contribution >= 0.6 is 0 Å². The first-order valence-electron chi connectivity index (χ1n) is 8.13.